The fourth-order valence-corrected chi connectivity index (χ4v) is 3.49. The number of benzene rings is 3. The van der Waals surface area contributed by atoms with Crippen LogP contribution in [0.5, 0.6) is 5.75 Å². The summed E-state index contributed by atoms with van der Waals surface area (Å²) in [4.78, 5) is 24.3. The van der Waals surface area contributed by atoms with Crippen LogP contribution in [0.2, 0.25) is 10.0 Å². The summed E-state index contributed by atoms with van der Waals surface area (Å²) in [7, 11) is 0. The molecule has 0 amide bonds. The maximum atomic E-state index is 12.6. The van der Waals surface area contributed by atoms with Gasteiger partial charge >= 0.3 is 5.97 Å². The number of carbonyl (C=O) groups is 1. The molecule has 0 bridgehead atoms. The lowest BCUT2D eigenvalue weighted by Gasteiger charge is -2.16. The average Bonchev–Trinajstić information content (AvgIpc) is 2.78. The molecule has 0 aliphatic heterocycles. The first-order chi connectivity index (χ1) is 15.4. The van der Waals surface area contributed by atoms with E-state index in [4.69, 9.17) is 27.9 Å². The molecule has 1 aromatic heterocycles. The van der Waals surface area contributed by atoms with E-state index in [0.717, 1.165) is 15.8 Å². The number of fused-ring (bicyclic) bond motifs is 1. The fourth-order valence-electron chi connectivity index (χ4n) is 3.20. The van der Waals surface area contributed by atoms with Crippen molar-refractivity contribution >= 4 is 40.1 Å². The van der Waals surface area contributed by atoms with Gasteiger partial charge in [-0.3, -0.25) is 4.79 Å². The van der Waals surface area contributed by atoms with Crippen molar-refractivity contribution in [3.63, 3.8) is 0 Å². The molecule has 1 heterocycles. The Morgan fingerprint density at radius 3 is 2.25 bits per heavy atom. The lowest BCUT2D eigenvalue weighted by Crippen LogP contribution is -2.32. The second kappa shape index (κ2) is 9.38. The SMILES string of the molecule is O=C(O)[C@@H](CCn1nnc2cc(Cl)ccc2c1=O)Oc1ccc(-c2ccc(Cl)cc2)cc1. The first-order valence-electron chi connectivity index (χ1n) is 9.69. The maximum Gasteiger partial charge on any atom is 0.344 e. The average molecular weight is 470 g/mol. The van der Waals surface area contributed by atoms with E-state index in [0.29, 0.717) is 26.7 Å². The summed E-state index contributed by atoms with van der Waals surface area (Å²) < 4.78 is 6.77. The van der Waals surface area contributed by atoms with Crippen molar-refractivity contribution in [2.75, 3.05) is 0 Å². The Kier molecular flexibility index (Phi) is 6.39. The summed E-state index contributed by atoms with van der Waals surface area (Å²) in [6.45, 7) is 0.0320. The highest BCUT2D eigenvalue weighted by atomic mass is 35.5. The molecule has 0 saturated carbocycles. The molecule has 0 aliphatic carbocycles. The molecular weight excluding hydrogens is 453 g/mol. The summed E-state index contributed by atoms with van der Waals surface area (Å²) >= 11 is 11.8. The van der Waals surface area contributed by atoms with E-state index in [1.807, 2.05) is 24.3 Å². The van der Waals surface area contributed by atoms with Gasteiger partial charge in [-0.1, -0.05) is 52.7 Å². The molecule has 0 fully saturated rings. The molecule has 0 saturated heterocycles. The standard InChI is InChI=1S/C23H17Cl2N3O4/c24-16-5-1-14(2-6-16)15-3-8-18(9-4-15)32-21(23(30)31)11-12-28-22(29)19-10-7-17(25)13-20(19)26-27-28/h1-10,13,21H,11-12H2,(H,30,31)/t21-/m1/s1. The molecule has 0 spiro atoms. The van der Waals surface area contributed by atoms with E-state index in [-0.39, 0.29) is 18.5 Å². The Hall–Kier alpha value is -3.42. The van der Waals surface area contributed by atoms with Crippen LogP contribution < -0.4 is 10.3 Å². The third-order valence-electron chi connectivity index (χ3n) is 4.87. The molecule has 4 aromatic rings. The summed E-state index contributed by atoms with van der Waals surface area (Å²) in [5.74, 6) is -0.734. The predicted molar refractivity (Wildman–Crippen MR) is 122 cm³/mol. The monoisotopic (exact) mass is 469 g/mol. The topological polar surface area (TPSA) is 94.3 Å². The van der Waals surface area contributed by atoms with Crippen LogP contribution in [0.1, 0.15) is 6.42 Å². The maximum absolute atomic E-state index is 12.6. The van der Waals surface area contributed by atoms with Crippen LogP contribution in [0.25, 0.3) is 22.0 Å². The molecule has 7 nitrogen and oxygen atoms in total. The first-order valence-corrected chi connectivity index (χ1v) is 10.4. The molecule has 1 N–H and O–H groups in total. The third-order valence-corrected chi connectivity index (χ3v) is 5.36. The quantitative estimate of drug-likeness (QED) is 0.421. The van der Waals surface area contributed by atoms with Crippen LogP contribution in [0.4, 0.5) is 0 Å². The number of halogens is 2. The molecule has 9 heteroatoms. The van der Waals surface area contributed by atoms with Crippen LogP contribution in [0.3, 0.4) is 0 Å². The zero-order valence-electron chi connectivity index (χ0n) is 16.6. The van der Waals surface area contributed by atoms with Crippen molar-refractivity contribution in [3.05, 3.63) is 87.1 Å². The highest BCUT2D eigenvalue weighted by Gasteiger charge is 2.20. The Morgan fingerprint density at radius 2 is 1.59 bits per heavy atom. The number of aromatic nitrogens is 3. The van der Waals surface area contributed by atoms with Gasteiger partial charge in [-0.2, -0.15) is 0 Å². The van der Waals surface area contributed by atoms with Gasteiger partial charge in [0.05, 0.1) is 11.9 Å². The number of carboxylic acids is 1. The minimum Gasteiger partial charge on any atom is -0.479 e. The number of hydrogen-bond acceptors (Lipinski definition) is 5. The van der Waals surface area contributed by atoms with Crippen LogP contribution in [0, 0.1) is 0 Å². The van der Waals surface area contributed by atoms with E-state index in [1.165, 1.54) is 0 Å². The van der Waals surface area contributed by atoms with Gasteiger partial charge in [0.1, 0.15) is 11.3 Å². The van der Waals surface area contributed by atoms with Gasteiger partial charge in [0, 0.05) is 16.5 Å². The van der Waals surface area contributed by atoms with Crippen molar-refractivity contribution in [3.8, 4) is 16.9 Å². The summed E-state index contributed by atoms with van der Waals surface area (Å²) in [6, 6.07) is 19.2. The van der Waals surface area contributed by atoms with Crippen molar-refractivity contribution in [2.45, 2.75) is 19.1 Å². The largest absolute Gasteiger partial charge is 0.479 e. The smallest absolute Gasteiger partial charge is 0.344 e. The van der Waals surface area contributed by atoms with Gasteiger partial charge in [0.15, 0.2) is 6.10 Å². The molecule has 0 radical (unpaired) electrons. The zero-order valence-corrected chi connectivity index (χ0v) is 18.1. The Balaban J connectivity index is 1.46. The van der Waals surface area contributed by atoms with Crippen molar-refractivity contribution in [1.29, 1.82) is 0 Å². The van der Waals surface area contributed by atoms with Crippen molar-refractivity contribution < 1.29 is 14.6 Å². The number of hydrogen-bond donors (Lipinski definition) is 1. The fraction of sp³-hybridized carbons (Fsp3) is 0.130. The number of rotatable bonds is 7. The normalized spacial score (nSPS) is 11.9. The zero-order chi connectivity index (χ0) is 22.7. The second-order valence-corrected chi connectivity index (χ2v) is 7.92. The van der Waals surface area contributed by atoms with Crippen LogP contribution in [0.15, 0.2) is 71.5 Å². The lowest BCUT2D eigenvalue weighted by molar-refractivity contribution is -0.145. The van der Waals surface area contributed by atoms with Crippen molar-refractivity contribution in [1.82, 2.24) is 15.0 Å². The molecular formula is C23H17Cl2N3O4. The number of ether oxygens (including phenoxy) is 1. The lowest BCUT2D eigenvalue weighted by atomic mass is 10.1. The number of nitrogens with zero attached hydrogens (tertiary/aromatic N) is 3. The summed E-state index contributed by atoms with van der Waals surface area (Å²) in [5.41, 5.74) is 1.93. The highest BCUT2D eigenvalue weighted by molar-refractivity contribution is 6.31. The van der Waals surface area contributed by atoms with Gasteiger partial charge in [0.2, 0.25) is 0 Å². The second-order valence-electron chi connectivity index (χ2n) is 7.04. The van der Waals surface area contributed by atoms with E-state index < -0.39 is 12.1 Å². The van der Waals surface area contributed by atoms with E-state index in [9.17, 15) is 14.7 Å². The van der Waals surface area contributed by atoms with Crippen molar-refractivity contribution in [2.24, 2.45) is 0 Å². The van der Waals surface area contributed by atoms with Gasteiger partial charge in [-0.15, -0.1) is 5.10 Å². The molecule has 0 aliphatic rings. The minimum atomic E-state index is -1.16. The van der Waals surface area contributed by atoms with Gasteiger partial charge in [0.25, 0.3) is 5.56 Å². The Labute approximate surface area is 192 Å². The number of carboxylic acid groups (broad SMARTS) is 1. The Bertz CT molecular complexity index is 1320. The molecule has 3 aromatic carbocycles. The van der Waals surface area contributed by atoms with Gasteiger partial charge in [-0.05, 0) is 53.6 Å². The number of aryl methyl sites for hydroxylation is 1. The predicted octanol–water partition coefficient (Wildman–Crippen LogP) is 4.69. The summed E-state index contributed by atoms with van der Waals surface area (Å²) in [5, 5.41) is 18.9. The third kappa shape index (κ3) is 4.90. The molecule has 4 rings (SSSR count). The Morgan fingerprint density at radius 1 is 0.969 bits per heavy atom. The van der Waals surface area contributed by atoms with Crippen LogP contribution in [-0.2, 0) is 11.3 Å². The van der Waals surface area contributed by atoms with Gasteiger partial charge in [-0.25, -0.2) is 9.48 Å². The van der Waals surface area contributed by atoms with E-state index in [2.05, 4.69) is 10.3 Å². The molecule has 0 unspecified atom stereocenters. The summed E-state index contributed by atoms with van der Waals surface area (Å²) in [6.07, 6.45) is -1.13. The molecule has 162 valence electrons. The van der Waals surface area contributed by atoms with Crippen LogP contribution >= 0.6 is 23.2 Å². The highest BCUT2D eigenvalue weighted by Crippen LogP contribution is 2.24. The van der Waals surface area contributed by atoms with Gasteiger partial charge < -0.3 is 9.84 Å². The van der Waals surface area contributed by atoms with Crippen LogP contribution in [-0.4, -0.2) is 32.2 Å². The first kappa shape index (κ1) is 21.8. The number of aliphatic carboxylic acids is 1. The van der Waals surface area contributed by atoms with E-state index >= 15 is 0 Å². The molecule has 1 atom stereocenters. The molecule has 32 heavy (non-hydrogen) atoms. The van der Waals surface area contributed by atoms with E-state index in [1.54, 1.807) is 42.5 Å². The minimum absolute atomic E-state index is 0.0297.